The van der Waals surface area contributed by atoms with Crippen molar-refractivity contribution >= 4 is 88.5 Å². The standard InChI is InChI=1S/C66H46F2N4/c1-43-15-25-51(26-16-43)71-62-13-7-5-11-58(62)60-41-53(35-38-65(60)71)69(49-31-21-46(67)22-32-49)48-29-19-45(20-30-48)55-37-40-64(57-10-4-3-9-56(55)57)70(50-33-23-47(68)24-34-50)54-36-39-66-61(42-54)59-12-6-8-14-63(59)72(66)52-27-17-44(2)18-28-52/h3-42H,1-2H3. The van der Waals surface area contributed by atoms with Gasteiger partial charge in [0.1, 0.15) is 11.6 Å². The maximum Gasteiger partial charge on any atom is 0.123 e. The Hall–Kier alpha value is -9.26. The van der Waals surface area contributed by atoms with Gasteiger partial charge in [-0.2, -0.15) is 0 Å². The third kappa shape index (κ3) is 7.26. The number of anilines is 6. The molecule has 0 bridgehead atoms. The molecular formula is C66H46F2N4. The largest absolute Gasteiger partial charge is 0.310 e. The highest BCUT2D eigenvalue weighted by atomic mass is 19.1. The zero-order valence-corrected chi connectivity index (χ0v) is 39.6. The van der Waals surface area contributed by atoms with E-state index in [1.165, 1.54) is 35.4 Å². The maximum atomic E-state index is 14.7. The number of aryl methyl sites for hydroxylation is 2. The minimum Gasteiger partial charge on any atom is -0.310 e. The molecule has 344 valence electrons. The lowest BCUT2D eigenvalue weighted by Crippen LogP contribution is -2.11. The third-order valence-corrected chi connectivity index (χ3v) is 14.2. The molecule has 0 unspecified atom stereocenters. The molecule has 0 aliphatic heterocycles. The van der Waals surface area contributed by atoms with Crippen molar-refractivity contribution in [3.8, 4) is 22.5 Å². The predicted molar refractivity (Wildman–Crippen MR) is 297 cm³/mol. The Labute approximate surface area is 416 Å². The fourth-order valence-corrected chi connectivity index (χ4v) is 10.7. The van der Waals surface area contributed by atoms with Crippen LogP contribution < -0.4 is 9.80 Å². The number of rotatable bonds is 9. The fraction of sp³-hybridized carbons (Fsp3) is 0.0303. The van der Waals surface area contributed by atoms with E-state index < -0.39 is 0 Å². The van der Waals surface area contributed by atoms with E-state index in [1.807, 2.05) is 24.3 Å². The predicted octanol–water partition coefficient (Wildman–Crippen LogP) is 18.5. The molecule has 0 aliphatic carbocycles. The van der Waals surface area contributed by atoms with E-state index in [4.69, 9.17) is 0 Å². The van der Waals surface area contributed by atoms with Crippen LogP contribution >= 0.6 is 0 Å². The van der Waals surface area contributed by atoms with Gasteiger partial charge in [-0.25, -0.2) is 8.78 Å². The van der Waals surface area contributed by atoms with Crippen molar-refractivity contribution in [3.05, 3.63) is 265 Å². The molecule has 0 amide bonds. The summed E-state index contributed by atoms with van der Waals surface area (Å²) in [5.74, 6) is -0.575. The molecule has 0 N–H and O–H groups in total. The summed E-state index contributed by atoms with van der Waals surface area (Å²) in [7, 11) is 0. The summed E-state index contributed by atoms with van der Waals surface area (Å²) in [5.41, 5.74) is 16.8. The number of para-hydroxylation sites is 2. The van der Waals surface area contributed by atoms with Gasteiger partial charge in [-0.3, -0.25) is 0 Å². The smallest absolute Gasteiger partial charge is 0.123 e. The van der Waals surface area contributed by atoms with E-state index in [0.29, 0.717) is 0 Å². The number of hydrogen-bond donors (Lipinski definition) is 0. The topological polar surface area (TPSA) is 16.3 Å². The van der Waals surface area contributed by atoms with Crippen LogP contribution in [0.3, 0.4) is 0 Å². The number of nitrogens with zero attached hydrogens (tertiary/aromatic N) is 4. The van der Waals surface area contributed by atoms with Crippen molar-refractivity contribution in [1.82, 2.24) is 9.13 Å². The molecule has 0 atom stereocenters. The Morgan fingerprint density at radius 1 is 0.306 bits per heavy atom. The monoisotopic (exact) mass is 932 g/mol. The highest BCUT2D eigenvalue weighted by Gasteiger charge is 2.22. The summed E-state index contributed by atoms with van der Waals surface area (Å²) in [5, 5.41) is 6.70. The molecule has 6 heteroatoms. The Kier molecular flexibility index (Phi) is 10.3. The minimum absolute atomic E-state index is 0.287. The average Bonchev–Trinajstić information content (AvgIpc) is 3.93. The normalized spacial score (nSPS) is 11.6. The molecule has 4 nitrogen and oxygen atoms in total. The molecule has 72 heavy (non-hydrogen) atoms. The van der Waals surface area contributed by atoms with Crippen LogP contribution in [0.25, 0.3) is 76.9 Å². The average molecular weight is 933 g/mol. The van der Waals surface area contributed by atoms with Gasteiger partial charge in [0.25, 0.3) is 0 Å². The van der Waals surface area contributed by atoms with Crippen LogP contribution in [0.2, 0.25) is 0 Å². The zero-order chi connectivity index (χ0) is 48.5. The van der Waals surface area contributed by atoms with Gasteiger partial charge in [0.15, 0.2) is 0 Å². The number of halogens is 2. The second-order valence-electron chi connectivity index (χ2n) is 18.6. The second-order valence-corrected chi connectivity index (χ2v) is 18.6. The first-order valence-electron chi connectivity index (χ1n) is 24.3. The van der Waals surface area contributed by atoms with Gasteiger partial charge < -0.3 is 18.9 Å². The Morgan fingerprint density at radius 3 is 1.19 bits per heavy atom. The van der Waals surface area contributed by atoms with Crippen LogP contribution in [0, 0.1) is 25.5 Å². The second kappa shape index (κ2) is 17.3. The quantitative estimate of drug-likeness (QED) is 0.143. The molecule has 0 aliphatic rings. The van der Waals surface area contributed by atoms with Gasteiger partial charge in [-0.15, -0.1) is 0 Å². The third-order valence-electron chi connectivity index (χ3n) is 14.2. The first kappa shape index (κ1) is 42.8. The number of fused-ring (bicyclic) bond motifs is 7. The van der Waals surface area contributed by atoms with Crippen molar-refractivity contribution in [2.45, 2.75) is 13.8 Å². The van der Waals surface area contributed by atoms with Crippen molar-refractivity contribution in [2.75, 3.05) is 9.80 Å². The SMILES string of the molecule is Cc1ccc(-n2c3ccccc3c3cc(N(c4ccc(F)cc4)c4ccc(-c5ccc(N(c6ccc(F)cc6)c6ccc7c(c6)c6ccccc6n7-c6ccc(C)cc6)c6ccccc56)cc4)ccc32)cc1. The van der Waals surface area contributed by atoms with Gasteiger partial charge in [0, 0.05) is 66.7 Å². The van der Waals surface area contributed by atoms with E-state index in [9.17, 15) is 8.78 Å². The van der Waals surface area contributed by atoms with Crippen molar-refractivity contribution in [1.29, 1.82) is 0 Å². The number of benzene rings is 11. The lowest BCUT2D eigenvalue weighted by Gasteiger charge is -2.28. The molecule has 0 spiro atoms. The highest BCUT2D eigenvalue weighted by Crippen LogP contribution is 2.46. The lowest BCUT2D eigenvalue weighted by molar-refractivity contribution is 0.627. The molecule has 0 saturated carbocycles. The summed E-state index contributed by atoms with van der Waals surface area (Å²) in [6.45, 7) is 4.22. The van der Waals surface area contributed by atoms with Gasteiger partial charge in [-0.05, 0) is 170 Å². The zero-order valence-electron chi connectivity index (χ0n) is 39.6. The molecule has 13 rings (SSSR count). The van der Waals surface area contributed by atoms with Crippen molar-refractivity contribution in [3.63, 3.8) is 0 Å². The van der Waals surface area contributed by atoms with E-state index in [1.54, 1.807) is 0 Å². The molecular weight excluding hydrogens is 887 g/mol. The van der Waals surface area contributed by atoms with Crippen LogP contribution in [0.5, 0.6) is 0 Å². The van der Waals surface area contributed by atoms with Gasteiger partial charge >= 0.3 is 0 Å². The van der Waals surface area contributed by atoms with Gasteiger partial charge in [0.05, 0.1) is 27.8 Å². The lowest BCUT2D eigenvalue weighted by atomic mass is 9.96. The Morgan fingerprint density at radius 2 is 0.694 bits per heavy atom. The van der Waals surface area contributed by atoms with Crippen LogP contribution in [0.15, 0.2) is 243 Å². The van der Waals surface area contributed by atoms with E-state index in [2.05, 4.69) is 227 Å². The van der Waals surface area contributed by atoms with Gasteiger partial charge in [0.2, 0.25) is 0 Å². The molecule has 11 aromatic carbocycles. The summed E-state index contributed by atoms with van der Waals surface area (Å²) >= 11 is 0. The molecule has 2 aromatic heterocycles. The first-order valence-corrected chi connectivity index (χ1v) is 24.3. The van der Waals surface area contributed by atoms with Crippen LogP contribution in [-0.2, 0) is 0 Å². The molecule has 0 saturated heterocycles. The van der Waals surface area contributed by atoms with Crippen molar-refractivity contribution in [2.24, 2.45) is 0 Å². The van der Waals surface area contributed by atoms with Crippen LogP contribution in [0.1, 0.15) is 11.1 Å². The molecule has 0 radical (unpaired) electrons. The minimum atomic E-state index is -0.289. The molecule has 0 fully saturated rings. The summed E-state index contributed by atoms with van der Waals surface area (Å²) in [4.78, 5) is 4.43. The highest BCUT2D eigenvalue weighted by molar-refractivity contribution is 6.13. The fourth-order valence-electron chi connectivity index (χ4n) is 10.7. The van der Waals surface area contributed by atoms with Crippen LogP contribution in [0.4, 0.5) is 42.9 Å². The Balaban J connectivity index is 0.919. The number of aromatic nitrogens is 2. The van der Waals surface area contributed by atoms with Gasteiger partial charge in [-0.1, -0.05) is 114 Å². The number of hydrogen-bond acceptors (Lipinski definition) is 2. The molecule has 13 aromatic rings. The van der Waals surface area contributed by atoms with E-state index in [-0.39, 0.29) is 11.6 Å². The van der Waals surface area contributed by atoms with Crippen molar-refractivity contribution < 1.29 is 8.78 Å². The van der Waals surface area contributed by atoms with E-state index >= 15 is 0 Å². The van der Waals surface area contributed by atoms with Crippen LogP contribution in [-0.4, -0.2) is 9.13 Å². The van der Waals surface area contributed by atoms with E-state index in [0.717, 1.165) is 111 Å². The summed E-state index contributed by atoms with van der Waals surface area (Å²) in [6, 6.07) is 82.6. The summed E-state index contributed by atoms with van der Waals surface area (Å²) < 4.78 is 33.8. The Bertz CT molecular complexity index is 4170. The maximum absolute atomic E-state index is 14.7. The summed E-state index contributed by atoms with van der Waals surface area (Å²) in [6.07, 6.45) is 0. The first-order chi connectivity index (χ1) is 35.3. The molecule has 2 heterocycles.